The zero-order valence-electron chi connectivity index (χ0n) is 29.5. The van der Waals surface area contributed by atoms with Crippen LogP contribution in [0.2, 0.25) is 0 Å². The van der Waals surface area contributed by atoms with Gasteiger partial charge in [-0.15, -0.1) is 41.6 Å². The molecule has 2 atom stereocenters. The second kappa shape index (κ2) is 12.7. The first-order valence-electron chi connectivity index (χ1n) is 18.1. The molecule has 6 aromatic rings. The number of anilines is 6. The van der Waals surface area contributed by atoms with Crippen LogP contribution in [0.4, 0.5) is 34.3 Å². The number of hydrogen-bond acceptors (Lipinski definition) is 5. The molecule has 2 unspecified atom stereocenters. The summed E-state index contributed by atoms with van der Waals surface area (Å²) in [6, 6.07) is 48.5. The largest absolute Gasteiger partial charge is 0.509 e. The predicted octanol–water partition coefficient (Wildman–Crippen LogP) is 11.8. The van der Waals surface area contributed by atoms with Gasteiger partial charge in [-0.05, 0) is 78.0 Å². The molecule has 0 saturated heterocycles. The van der Waals surface area contributed by atoms with Crippen molar-refractivity contribution in [1.29, 1.82) is 0 Å². The van der Waals surface area contributed by atoms with E-state index in [0.29, 0.717) is 17.5 Å². The summed E-state index contributed by atoms with van der Waals surface area (Å²) < 4.78 is 6.65. The van der Waals surface area contributed by atoms with E-state index < -0.39 is 0 Å². The number of rotatable bonds is 5. The minimum atomic E-state index is -0.0355. The number of aromatic nitrogens is 1. The van der Waals surface area contributed by atoms with Crippen molar-refractivity contribution >= 4 is 34.3 Å². The monoisotopic (exact) mass is 858 g/mol. The van der Waals surface area contributed by atoms with Crippen molar-refractivity contribution in [3.63, 3.8) is 0 Å². The molecule has 11 rings (SSSR count). The average Bonchev–Trinajstić information content (AvgIpc) is 3.87. The zero-order chi connectivity index (χ0) is 34.3. The van der Waals surface area contributed by atoms with E-state index in [2.05, 4.69) is 157 Å². The second-order valence-corrected chi connectivity index (χ2v) is 15.3. The summed E-state index contributed by atoms with van der Waals surface area (Å²) in [7, 11) is 0. The Morgan fingerprint density at radius 3 is 2.12 bits per heavy atom. The summed E-state index contributed by atoms with van der Waals surface area (Å²) >= 11 is 0. The SMILES string of the molecule is CC(C)(C)c1ccnc(N2c3[c-]c(Oc4[c-]c(N5[CH-]N(C6C7CCC6C7)c6ccccc65)ccc4)ccc3-c3ccccc3-c3ccccc32)c1.[Pt]. The summed E-state index contributed by atoms with van der Waals surface area (Å²) in [6.07, 6.45) is 5.99. The van der Waals surface area contributed by atoms with Crippen LogP contribution in [0.15, 0.2) is 121 Å². The van der Waals surface area contributed by atoms with Gasteiger partial charge in [-0.2, -0.15) is 18.8 Å². The third-order valence-corrected chi connectivity index (χ3v) is 11.3. The van der Waals surface area contributed by atoms with Crippen LogP contribution in [0, 0.1) is 30.6 Å². The Labute approximate surface area is 321 Å². The van der Waals surface area contributed by atoms with Crippen LogP contribution >= 0.6 is 0 Å². The predicted molar refractivity (Wildman–Crippen MR) is 206 cm³/mol. The molecule has 52 heavy (non-hydrogen) atoms. The van der Waals surface area contributed by atoms with E-state index in [0.717, 1.165) is 51.4 Å². The molecule has 0 spiro atoms. The molecule has 3 fully saturated rings. The number of fused-ring (bicyclic) bond motifs is 7. The van der Waals surface area contributed by atoms with E-state index in [4.69, 9.17) is 9.72 Å². The molecule has 0 N–H and O–H groups in total. The molecule has 3 heterocycles. The Morgan fingerprint density at radius 1 is 0.692 bits per heavy atom. The first kappa shape index (κ1) is 33.0. The number of ether oxygens (including phenoxy) is 1. The quantitative estimate of drug-likeness (QED) is 0.161. The molecule has 3 saturated carbocycles. The third-order valence-electron chi connectivity index (χ3n) is 11.3. The van der Waals surface area contributed by atoms with Crippen LogP contribution in [0.5, 0.6) is 11.5 Å². The Hall–Kier alpha value is -4.86. The summed E-state index contributed by atoms with van der Waals surface area (Å²) in [5, 5.41) is 0. The van der Waals surface area contributed by atoms with E-state index in [-0.39, 0.29) is 26.5 Å². The van der Waals surface area contributed by atoms with E-state index in [1.54, 1.807) is 0 Å². The topological polar surface area (TPSA) is 31.8 Å². The number of pyridine rings is 1. The van der Waals surface area contributed by atoms with E-state index >= 15 is 0 Å². The van der Waals surface area contributed by atoms with Gasteiger partial charge in [-0.3, -0.25) is 0 Å². The molecule has 5 aromatic carbocycles. The third kappa shape index (κ3) is 5.36. The van der Waals surface area contributed by atoms with Crippen molar-refractivity contribution in [1.82, 2.24) is 4.98 Å². The van der Waals surface area contributed by atoms with Crippen LogP contribution in [-0.4, -0.2) is 11.0 Å². The van der Waals surface area contributed by atoms with Gasteiger partial charge in [0.1, 0.15) is 5.82 Å². The summed E-state index contributed by atoms with van der Waals surface area (Å²) in [6.45, 7) is 9.00. The number of benzene rings is 5. The minimum Gasteiger partial charge on any atom is -0.509 e. The minimum absolute atomic E-state index is 0. The van der Waals surface area contributed by atoms with Gasteiger partial charge in [-0.25, -0.2) is 4.98 Å². The Morgan fingerprint density at radius 2 is 1.37 bits per heavy atom. The molecular formula is C46H39N4OPt-3. The van der Waals surface area contributed by atoms with Gasteiger partial charge in [0.25, 0.3) is 0 Å². The first-order valence-corrected chi connectivity index (χ1v) is 18.1. The van der Waals surface area contributed by atoms with Gasteiger partial charge in [0.2, 0.25) is 0 Å². The van der Waals surface area contributed by atoms with Gasteiger partial charge in [0.05, 0.1) is 5.69 Å². The molecule has 6 heteroatoms. The summed E-state index contributed by atoms with van der Waals surface area (Å²) in [4.78, 5) is 12.0. The van der Waals surface area contributed by atoms with Crippen molar-refractivity contribution in [2.24, 2.45) is 11.8 Å². The maximum absolute atomic E-state index is 6.65. The zero-order valence-corrected chi connectivity index (χ0v) is 31.8. The van der Waals surface area contributed by atoms with Crippen LogP contribution < -0.4 is 19.4 Å². The van der Waals surface area contributed by atoms with Crippen molar-refractivity contribution < 1.29 is 25.8 Å². The van der Waals surface area contributed by atoms with Gasteiger partial charge in [0, 0.05) is 61.7 Å². The Kier molecular flexibility index (Phi) is 8.04. The summed E-state index contributed by atoms with van der Waals surface area (Å²) in [5.74, 6) is 3.70. The summed E-state index contributed by atoms with van der Waals surface area (Å²) in [5.41, 5.74) is 11.1. The Balaban J connectivity index is 0.00000360. The molecule has 0 radical (unpaired) electrons. The van der Waals surface area contributed by atoms with Crippen molar-refractivity contribution in [3.8, 4) is 33.8 Å². The van der Waals surface area contributed by atoms with Crippen LogP contribution in [0.1, 0.15) is 45.6 Å². The van der Waals surface area contributed by atoms with Gasteiger partial charge < -0.3 is 19.4 Å². The fraction of sp³-hybridized carbons (Fsp3) is 0.217. The van der Waals surface area contributed by atoms with E-state index in [1.165, 1.54) is 41.8 Å². The molecule has 2 bridgehead atoms. The Bertz CT molecular complexity index is 2300. The van der Waals surface area contributed by atoms with E-state index in [9.17, 15) is 0 Å². The van der Waals surface area contributed by atoms with Crippen molar-refractivity contribution in [2.75, 3.05) is 14.7 Å². The van der Waals surface area contributed by atoms with Gasteiger partial charge in [-0.1, -0.05) is 86.6 Å². The second-order valence-electron chi connectivity index (χ2n) is 15.3. The maximum atomic E-state index is 6.65. The normalized spacial score (nSPS) is 19.4. The van der Waals surface area contributed by atoms with Gasteiger partial charge in [0.15, 0.2) is 0 Å². The number of hydrogen-bond donors (Lipinski definition) is 0. The van der Waals surface area contributed by atoms with Gasteiger partial charge >= 0.3 is 0 Å². The van der Waals surface area contributed by atoms with Crippen molar-refractivity contribution in [3.05, 3.63) is 146 Å². The number of nitrogens with zero attached hydrogens (tertiary/aromatic N) is 4. The molecule has 262 valence electrons. The first-order chi connectivity index (χ1) is 24.9. The fourth-order valence-corrected chi connectivity index (χ4v) is 8.77. The molecule has 5 aliphatic rings. The molecular weight excluding hydrogens is 820 g/mol. The smallest absolute Gasteiger partial charge is 0.135 e. The standard InChI is InChI=1S/C46H39N4O.Pt/c1-46(2,3)32-23-24-47-44(26-32)50-40-16-7-6-15-38(40)36-13-4-5-14-37(36)39-22-21-35(28-43(39)50)51-34-12-10-11-33(27-34)48-29-49(42-18-9-8-17-41(42)48)45-30-19-20-31(45)25-30;/h4-18,21-24,26,29-31,45H,19-20,25H2,1-3H3;/q-3;. The molecule has 5 nitrogen and oxygen atoms in total. The van der Waals surface area contributed by atoms with E-state index in [1.807, 2.05) is 18.3 Å². The maximum Gasteiger partial charge on any atom is 0.135 e. The molecule has 1 aromatic heterocycles. The van der Waals surface area contributed by atoms with Crippen LogP contribution in [-0.2, 0) is 26.5 Å². The fourth-order valence-electron chi connectivity index (χ4n) is 8.77. The van der Waals surface area contributed by atoms with Crippen LogP contribution in [0.25, 0.3) is 22.3 Å². The molecule has 3 aliphatic carbocycles. The van der Waals surface area contributed by atoms with Crippen LogP contribution in [0.3, 0.4) is 0 Å². The molecule has 2 aliphatic heterocycles. The average molecular weight is 859 g/mol. The number of para-hydroxylation sites is 3. The van der Waals surface area contributed by atoms with Crippen molar-refractivity contribution in [2.45, 2.75) is 51.5 Å². The molecule has 0 amide bonds.